The van der Waals surface area contributed by atoms with Crippen molar-refractivity contribution in [3.8, 4) is 10.6 Å². The van der Waals surface area contributed by atoms with Crippen LogP contribution < -0.4 is 10.6 Å². The molecule has 0 aliphatic rings. The molecule has 0 radical (unpaired) electrons. The van der Waals surface area contributed by atoms with Crippen molar-refractivity contribution < 1.29 is 18.0 Å². The van der Waals surface area contributed by atoms with Crippen LogP contribution >= 0.6 is 22.9 Å². The highest BCUT2D eigenvalue weighted by atomic mass is 35.5. The lowest BCUT2D eigenvalue weighted by Crippen LogP contribution is -2.19. The third kappa shape index (κ3) is 4.27. The van der Waals surface area contributed by atoms with Crippen LogP contribution in [0.25, 0.3) is 10.6 Å². The first-order valence-electron chi connectivity index (χ1n) is 7.01. The minimum absolute atomic E-state index is 0.0591. The van der Waals surface area contributed by atoms with E-state index in [2.05, 4.69) is 25.8 Å². The quantitative estimate of drug-likeness (QED) is 0.655. The number of anilines is 2. The second-order valence-electron chi connectivity index (χ2n) is 4.93. The van der Waals surface area contributed by atoms with Crippen LogP contribution in [0.5, 0.6) is 0 Å². The van der Waals surface area contributed by atoms with E-state index in [1.54, 1.807) is 24.5 Å². The Bertz CT molecular complexity index is 933. The molecule has 0 unspecified atom stereocenters. The average molecular weight is 400 g/mol. The Hall–Kier alpha value is -2.72. The predicted molar refractivity (Wildman–Crippen MR) is 92.2 cm³/mol. The van der Waals surface area contributed by atoms with Gasteiger partial charge in [0.25, 0.3) is 0 Å². The van der Waals surface area contributed by atoms with Crippen molar-refractivity contribution in [2.45, 2.75) is 6.18 Å². The van der Waals surface area contributed by atoms with E-state index in [1.165, 1.54) is 6.07 Å². The monoisotopic (exact) mass is 399 g/mol. The summed E-state index contributed by atoms with van der Waals surface area (Å²) in [6, 6.07) is 5.83. The van der Waals surface area contributed by atoms with Gasteiger partial charge in [-0.3, -0.25) is 10.3 Å². The van der Waals surface area contributed by atoms with E-state index in [9.17, 15) is 18.0 Å². The van der Waals surface area contributed by atoms with Crippen LogP contribution in [0.1, 0.15) is 5.56 Å². The number of amides is 2. The zero-order valence-corrected chi connectivity index (χ0v) is 14.3. The number of carbonyl (C=O) groups is 1. The third-order valence-electron chi connectivity index (χ3n) is 3.08. The van der Waals surface area contributed by atoms with Crippen LogP contribution in [0.2, 0.25) is 5.02 Å². The number of urea groups is 1. The first-order chi connectivity index (χ1) is 12.3. The number of alkyl halides is 3. The summed E-state index contributed by atoms with van der Waals surface area (Å²) in [5.41, 5.74) is -0.367. The van der Waals surface area contributed by atoms with Gasteiger partial charge in [0, 0.05) is 23.6 Å². The molecule has 26 heavy (non-hydrogen) atoms. The number of benzene rings is 1. The van der Waals surface area contributed by atoms with Gasteiger partial charge in [-0.15, -0.1) is 10.2 Å². The van der Waals surface area contributed by atoms with Crippen molar-refractivity contribution in [1.29, 1.82) is 0 Å². The molecule has 0 aliphatic heterocycles. The highest BCUT2D eigenvalue weighted by Crippen LogP contribution is 2.36. The molecule has 0 bridgehead atoms. The van der Waals surface area contributed by atoms with Gasteiger partial charge in [-0.1, -0.05) is 22.9 Å². The van der Waals surface area contributed by atoms with Gasteiger partial charge in [0.1, 0.15) is 0 Å². The van der Waals surface area contributed by atoms with Gasteiger partial charge < -0.3 is 5.32 Å². The topological polar surface area (TPSA) is 79.8 Å². The van der Waals surface area contributed by atoms with Crippen molar-refractivity contribution in [1.82, 2.24) is 15.2 Å². The number of pyridine rings is 1. The molecule has 11 heteroatoms. The molecule has 0 fully saturated rings. The summed E-state index contributed by atoms with van der Waals surface area (Å²) in [7, 11) is 0. The number of carbonyl (C=O) groups excluding carboxylic acids is 1. The van der Waals surface area contributed by atoms with E-state index in [-0.39, 0.29) is 10.8 Å². The fourth-order valence-electron chi connectivity index (χ4n) is 1.96. The Morgan fingerprint density at radius 3 is 2.65 bits per heavy atom. The molecule has 2 heterocycles. The summed E-state index contributed by atoms with van der Waals surface area (Å²) in [6.07, 6.45) is -1.42. The maximum Gasteiger partial charge on any atom is 0.417 e. The molecular weight excluding hydrogens is 391 g/mol. The normalized spacial score (nSPS) is 11.2. The molecule has 3 aromatic rings. The summed E-state index contributed by atoms with van der Waals surface area (Å²) < 4.78 is 38.5. The maximum atomic E-state index is 12.8. The number of hydrogen-bond donors (Lipinski definition) is 2. The Kier molecular flexibility index (Phi) is 5.05. The van der Waals surface area contributed by atoms with Crippen molar-refractivity contribution in [3.63, 3.8) is 0 Å². The molecule has 0 saturated heterocycles. The molecule has 2 N–H and O–H groups in total. The van der Waals surface area contributed by atoms with Gasteiger partial charge in [-0.2, -0.15) is 13.2 Å². The number of hydrogen-bond acceptors (Lipinski definition) is 5. The van der Waals surface area contributed by atoms with Crippen LogP contribution in [0, 0.1) is 0 Å². The van der Waals surface area contributed by atoms with Crippen molar-refractivity contribution in [2.24, 2.45) is 0 Å². The van der Waals surface area contributed by atoms with E-state index < -0.39 is 22.8 Å². The van der Waals surface area contributed by atoms with Crippen LogP contribution in [-0.2, 0) is 6.18 Å². The molecule has 0 saturated carbocycles. The zero-order valence-electron chi connectivity index (χ0n) is 12.7. The minimum Gasteiger partial charge on any atom is -0.308 e. The summed E-state index contributed by atoms with van der Waals surface area (Å²) in [4.78, 5) is 15.9. The Morgan fingerprint density at radius 2 is 1.96 bits per heavy atom. The largest absolute Gasteiger partial charge is 0.417 e. The Labute approximate surface area is 154 Å². The predicted octanol–water partition coefficient (Wildman–Crippen LogP) is 4.92. The van der Waals surface area contributed by atoms with Crippen molar-refractivity contribution in [3.05, 3.63) is 53.3 Å². The lowest BCUT2D eigenvalue weighted by molar-refractivity contribution is -0.137. The smallest absolute Gasteiger partial charge is 0.308 e. The molecule has 2 aromatic heterocycles. The Morgan fingerprint density at radius 1 is 1.15 bits per heavy atom. The van der Waals surface area contributed by atoms with Gasteiger partial charge >= 0.3 is 12.2 Å². The standard InChI is InChI=1S/C15H9ClF3N5OS/c16-11-4-3-9(6-10(11)15(17,18)19)21-13(25)22-14-24-23-12(26-14)8-2-1-5-20-7-8/h1-7H,(H2,21,22,24,25). The van der Waals surface area contributed by atoms with Gasteiger partial charge in [0.15, 0.2) is 5.01 Å². The molecule has 3 rings (SSSR count). The van der Waals surface area contributed by atoms with E-state index in [1.807, 2.05) is 0 Å². The van der Waals surface area contributed by atoms with Crippen molar-refractivity contribution >= 4 is 39.8 Å². The minimum atomic E-state index is -4.62. The molecule has 1 aromatic carbocycles. The molecule has 0 atom stereocenters. The number of rotatable bonds is 3. The van der Waals surface area contributed by atoms with Gasteiger partial charge in [-0.05, 0) is 30.3 Å². The first-order valence-corrected chi connectivity index (χ1v) is 8.21. The molecule has 2 amide bonds. The molecule has 0 spiro atoms. The van der Waals surface area contributed by atoms with E-state index in [0.717, 1.165) is 29.0 Å². The first kappa shape index (κ1) is 18.1. The lowest BCUT2D eigenvalue weighted by atomic mass is 10.2. The van der Waals surface area contributed by atoms with E-state index >= 15 is 0 Å². The second-order valence-corrected chi connectivity index (χ2v) is 6.31. The fourth-order valence-corrected chi connectivity index (χ4v) is 2.91. The number of halogens is 4. The van der Waals surface area contributed by atoms with Crippen LogP contribution in [0.3, 0.4) is 0 Å². The van der Waals surface area contributed by atoms with Crippen molar-refractivity contribution in [2.75, 3.05) is 10.6 Å². The molecule has 6 nitrogen and oxygen atoms in total. The van der Waals surface area contributed by atoms with Crippen LogP contribution in [0.15, 0.2) is 42.7 Å². The molecule has 134 valence electrons. The average Bonchev–Trinajstić information content (AvgIpc) is 3.05. The summed E-state index contributed by atoms with van der Waals surface area (Å²) >= 11 is 6.64. The number of nitrogens with one attached hydrogen (secondary N) is 2. The highest BCUT2D eigenvalue weighted by Gasteiger charge is 2.33. The van der Waals surface area contributed by atoms with E-state index in [4.69, 9.17) is 11.6 Å². The summed E-state index contributed by atoms with van der Waals surface area (Å²) in [5.74, 6) is 0. The fraction of sp³-hybridized carbons (Fsp3) is 0.0667. The van der Waals surface area contributed by atoms with Gasteiger partial charge in [-0.25, -0.2) is 4.79 Å². The molecular formula is C15H9ClF3N5OS. The summed E-state index contributed by atoms with van der Waals surface area (Å²) in [6.45, 7) is 0. The Balaban J connectivity index is 1.69. The zero-order chi connectivity index (χ0) is 18.7. The number of nitrogens with zero attached hydrogens (tertiary/aromatic N) is 3. The third-order valence-corrected chi connectivity index (χ3v) is 4.30. The second kappa shape index (κ2) is 7.26. The summed E-state index contributed by atoms with van der Waals surface area (Å²) in [5, 5.41) is 12.7. The van der Waals surface area contributed by atoms with Crippen LogP contribution in [-0.4, -0.2) is 21.2 Å². The highest BCUT2D eigenvalue weighted by molar-refractivity contribution is 7.18. The molecule has 0 aliphatic carbocycles. The lowest BCUT2D eigenvalue weighted by Gasteiger charge is -2.11. The van der Waals surface area contributed by atoms with Gasteiger partial charge in [0.2, 0.25) is 5.13 Å². The maximum absolute atomic E-state index is 12.8. The number of aromatic nitrogens is 3. The SMILES string of the molecule is O=C(Nc1ccc(Cl)c(C(F)(F)F)c1)Nc1nnc(-c2cccnc2)s1. The van der Waals surface area contributed by atoms with Gasteiger partial charge in [0.05, 0.1) is 10.6 Å². The van der Waals surface area contributed by atoms with Crippen LogP contribution in [0.4, 0.5) is 28.8 Å². The van der Waals surface area contributed by atoms with E-state index in [0.29, 0.717) is 5.01 Å².